The first-order valence-electron chi connectivity index (χ1n) is 8.60. The summed E-state index contributed by atoms with van der Waals surface area (Å²) in [5.74, 6) is 1.62. The molecule has 0 bridgehead atoms. The van der Waals surface area contributed by atoms with E-state index >= 15 is 0 Å². The van der Waals surface area contributed by atoms with Gasteiger partial charge >= 0.3 is 0 Å². The molecule has 0 radical (unpaired) electrons. The van der Waals surface area contributed by atoms with E-state index in [4.69, 9.17) is 5.11 Å². The fourth-order valence-corrected chi connectivity index (χ4v) is 4.10. The van der Waals surface area contributed by atoms with Crippen molar-refractivity contribution in [3.8, 4) is 0 Å². The first kappa shape index (κ1) is 15.0. The van der Waals surface area contributed by atoms with Gasteiger partial charge in [0.15, 0.2) is 0 Å². The largest absolute Gasteiger partial charge is 0.394 e. The summed E-state index contributed by atoms with van der Waals surface area (Å²) < 4.78 is 2.00. The first-order chi connectivity index (χ1) is 10.2. The normalized spacial score (nSPS) is 32.9. The molecule has 3 rings (SSSR count). The molecule has 4 heteroatoms. The van der Waals surface area contributed by atoms with E-state index in [-0.39, 0.29) is 6.61 Å². The summed E-state index contributed by atoms with van der Waals surface area (Å²) in [7, 11) is 0. The van der Waals surface area contributed by atoms with Crippen LogP contribution in [-0.4, -0.2) is 27.5 Å². The number of nitrogens with zero attached hydrogens (tertiary/aromatic N) is 2. The summed E-state index contributed by atoms with van der Waals surface area (Å²) in [5.41, 5.74) is 2.71. The minimum atomic E-state index is 0.170. The average Bonchev–Trinajstić information content (AvgIpc) is 2.88. The Hall–Kier alpha value is -0.870. The SMILES string of the molecule is CC1CCC(C)C(NC2CCCc3c2cnn3CCO)C1. The van der Waals surface area contributed by atoms with Crippen LogP contribution >= 0.6 is 0 Å². The predicted molar refractivity (Wildman–Crippen MR) is 84.1 cm³/mol. The van der Waals surface area contributed by atoms with E-state index in [1.807, 2.05) is 10.9 Å². The molecule has 0 amide bonds. The summed E-state index contributed by atoms with van der Waals surface area (Å²) in [6.07, 6.45) is 9.60. The lowest BCUT2D eigenvalue weighted by atomic mass is 9.79. The highest BCUT2D eigenvalue weighted by molar-refractivity contribution is 5.25. The molecule has 21 heavy (non-hydrogen) atoms. The van der Waals surface area contributed by atoms with Gasteiger partial charge in [-0.2, -0.15) is 5.10 Å². The molecule has 118 valence electrons. The van der Waals surface area contributed by atoms with E-state index in [0.29, 0.717) is 18.6 Å². The number of aromatic nitrogens is 2. The highest BCUT2D eigenvalue weighted by Crippen LogP contribution is 2.34. The van der Waals surface area contributed by atoms with Gasteiger partial charge in [-0.1, -0.05) is 20.3 Å². The standard InChI is InChI=1S/C17H29N3O/c1-12-6-7-13(2)16(10-12)19-15-4-3-5-17-14(15)11-18-20(17)8-9-21/h11-13,15-16,19,21H,3-10H2,1-2H3. The number of aliphatic hydroxyl groups is 1. The van der Waals surface area contributed by atoms with Crippen molar-refractivity contribution >= 4 is 0 Å². The number of rotatable bonds is 4. The average molecular weight is 291 g/mol. The Morgan fingerprint density at radius 3 is 3.00 bits per heavy atom. The molecular weight excluding hydrogens is 262 g/mol. The molecule has 1 aromatic rings. The highest BCUT2D eigenvalue weighted by atomic mass is 16.3. The summed E-state index contributed by atoms with van der Waals surface area (Å²) in [6.45, 7) is 5.57. The van der Waals surface area contributed by atoms with Crippen molar-refractivity contribution in [1.82, 2.24) is 15.1 Å². The molecule has 0 saturated heterocycles. The zero-order chi connectivity index (χ0) is 14.8. The Morgan fingerprint density at radius 1 is 1.33 bits per heavy atom. The number of aliphatic hydroxyl groups excluding tert-OH is 1. The van der Waals surface area contributed by atoms with Gasteiger partial charge in [0.05, 0.1) is 19.3 Å². The van der Waals surface area contributed by atoms with Crippen molar-refractivity contribution in [2.24, 2.45) is 11.8 Å². The molecule has 2 aliphatic rings. The zero-order valence-corrected chi connectivity index (χ0v) is 13.4. The second-order valence-corrected chi connectivity index (χ2v) is 7.11. The van der Waals surface area contributed by atoms with Crippen molar-refractivity contribution in [1.29, 1.82) is 0 Å². The predicted octanol–water partition coefficient (Wildman–Crippen LogP) is 2.67. The lowest BCUT2D eigenvalue weighted by Gasteiger charge is -2.37. The molecule has 4 unspecified atom stereocenters. The third-order valence-electron chi connectivity index (χ3n) is 5.45. The van der Waals surface area contributed by atoms with Crippen molar-refractivity contribution < 1.29 is 5.11 Å². The minimum absolute atomic E-state index is 0.170. The second kappa shape index (κ2) is 6.49. The van der Waals surface area contributed by atoms with E-state index in [9.17, 15) is 0 Å². The summed E-state index contributed by atoms with van der Waals surface area (Å²) in [6, 6.07) is 1.10. The highest BCUT2D eigenvalue weighted by Gasteiger charge is 2.30. The van der Waals surface area contributed by atoms with Gasteiger partial charge < -0.3 is 10.4 Å². The quantitative estimate of drug-likeness (QED) is 0.896. The lowest BCUT2D eigenvalue weighted by Crippen LogP contribution is -2.42. The molecule has 4 atom stereocenters. The van der Waals surface area contributed by atoms with E-state index in [1.54, 1.807) is 0 Å². The molecule has 0 aromatic carbocycles. The van der Waals surface area contributed by atoms with Gasteiger partial charge in [0.1, 0.15) is 0 Å². The Kier molecular flexibility index (Phi) is 4.65. The summed E-state index contributed by atoms with van der Waals surface area (Å²) >= 11 is 0. The molecule has 0 spiro atoms. The Morgan fingerprint density at radius 2 is 2.19 bits per heavy atom. The maximum absolute atomic E-state index is 9.15. The smallest absolute Gasteiger partial charge is 0.0644 e. The van der Waals surface area contributed by atoms with Crippen molar-refractivity contribution in [2.45, 2.75) is 71.0 Å². The van der Waals surface area contributed by atoms with Crippen LogP contribution in [0.15, 0.2) is 6.20 Å². The third-order valence-corrected chi connectivity index (χ3v) is 5.45. The van der Waals surface area contributed by atoms with Gasteiger partial charge in [-0.25, -0.2) is 0 Å². The van der Waals surface area contributed by atoms with Gasteiger partial charge in [-0.05, 0) is 43.9 Å². The molecule has 4 nitrogen and oxygen atoms in total. The van der Waals surface area contributed by atoms with Gasteiger partial charge in [-0.3, -0.25) is 4.68 Å². The molecule has 2 aliphatic carbocycles. The monoisotopic (exact) mass is 291 g/mol. The van der Waals surface area contributed by atoms with E-state index in [1.165, 1.54) is 43.4 Å². The van der Waals surface area contributed by atoms with Gasteiger partial charge in [0.25, 0.3) is 0 Å². The molecule has 1 fully saturated rings. The van der Waals surface area contributed by atoms with Crippen LogP contribution < -0.4 is 5.32 Å². The van der Waals surface area contributed by atoms with Gasteiger partial charge in [0, 0.05) is 23.3 Å². The fraction of sp³-hybridized carbons (Fsp3) is 0.824. The first-order valence-corrected chi connectivity index (χ1v) is 8.60. The van der Waals surface area contributed by atoms with E-state index < -0.39 is 0 Å². The zero-order valence-electron chi connectivity index (χ0n) is 13.4. The van der Waals surface area contributed by atoms with E-state index in [2.05, 4.69) is 24.3 Å². The van der Waals surface area contributed by atoms with Gasteiger partial charge in [-0.15, -0.1) is 0 Å². The second-order valence-electron chi connectivity index (χ2n) is 7.11. The van der Waals surface area contributed by atoms with Gasteiger partial charge in [0.2, 0.25) is 0 Å². The van der Waals surface area contributed by atoms with Crippen molar-refractivity contribution in [2.75, 3.05) is 6.61 Å². The van der Waals surface area contributed by atoms with Crippen LogP contribution in [0, 0.1) is 11.8 Å². The number of hydrogen-bond donors (Lipinski definition) is 2. The summed E-state index contributed by atoms with van der Waals surface area (Å²) in [5, 5.41) is 17.6. The number of hydrogen-bond acceptors (Lipinski definition) is 3. The fourth-order valence-electron chi connectivity index (χ4n) is 4.10. The minimum Gasteiger partial charge on any atom is -0.394 e. The van der Waals surface area contributed by atoms with Crippen molar-refractivity contribution in [3.05, 3.63) is 17.5 Å². The molecular formula is C17H29N3O. The Bertz CT molecular complexity index is 471. The Balaban J connectivity index is 1.73. The summed E-state index contributed by atoms with van der Waals surface area (Å²) in [4.78, 5) is 0. The molecule has 1 aromatic heterocycles. The molecule has 0 aliphatic heterocycles. The van der Waals surface area contributed by atoms with Crippen LogP contribution in [0.4, 0.5) is 0 Å². The topological polar surface area (TPSA) is 50.1 Å². The van der Waals surface area contributed by atoms with Crippen LogP contribution in [0.3, 0.4) is 0 Å². The van der Waals surface area contributed by atoms with Crippen LogP contribution in [0.25, 0.3) is 0 Å². The van der Waals surface area contributed by atoms with Crippen LogP contribution in [0.1, 0.15) is 63.3 Å². The van der Waals surface area contributed by atoms with Crippen molar-refractivity contribution in [3.63, 3.8) is 0 Å². The lowest BCUT2D eigenvalue weighted by molar-refractivity contribution is 0.207. The van der Waals surface area contributed by atoms with Crippen LogP contribution in [0.5, 0.6) is 0 Å². The third kappa shape index (κ3) is 3.16. The Labute approximate surface area is 127 Å². The molecule has 1 heterocycles. The maximum atomic E-state index is 9.15. The van der Waals surface area contributed by atoms with Crippen LogP contribution in [-0.2, 0) is 13.0 Å². The number of fused-ring (bicyclic) bond motifs is 1. The molecule has 2 N–H and O–H groups in total. The molecule has 1 saturated carbocycles. The van der Waals surface area contributed by atoms with Crippen LogP contribution in [0.2, 0.25) is 0 Å². The maximum Gasteiger partial charge on any atom is 0.0644 e. The van der Waals surface area contributed by atoms with E-state index in [0.717, 1.165) is 18.3 Å². The number of nitrogens with one attached hydrogen (secondary N) is 1.